The summed E-state index contributed by atoms with van der Waals surface area (Å²) in [4.78, 5) is 33.0. The molecule has 1 aliphatic heterocycles. The molecule has 8 heteroatoms. The minimum absolute atomic E-state index is 0.0136. The monoisotopic (exact) mass is 514 g/mol. The number of aromatic nitrogens is 1. The van der Waals surface area contributed by atoms with Crippen LogP contribution < -0.4 is 14.4 Å². The number of ketones is 1. The Morgan fingerprint density at radius 3 is 2.51 bits per heavy atom. The minimum Gasteiger partial charge on any atom is -0.507 e. The fourth-order valence-corrected chi connectivity index (χ4v) is 5.48. The standard InChI is InChI=1S/C29H26N2O5S/c1-4-17-9-11-18(12-10-17)25-24(26(32)19-7-6-8-21(15-19)36-5-2)27(33)28(34)31(25)29-30-22-14-13-20(35-3)16-23(22)37-29/h6-16,25,32H,4-5H2,1-3H3/b26-24+. The molecule has 1 saturated heterocycles. The van der Waals surface area contributed by atoms with Crippen LogP contribution >= 0.6 is 11.3 Å². The number of aryl methyl sites for hydroxylation is 1. The maximum absolute atomic E-state index is 13.5. The van der Waals surface area contributed by atoms with Crippen LogP contribution in [0.4, 0.5) is 5.13 Å². The highest BCUT2D eigenvalue weighted by Crippen LogP contribution is 2.44. The predicted molar refractivity (Wildman–Crippen MR) is 144 cm³/mol. The van der Waals surface area contributed by atoms with Gasteiger partial charge >= 0.3 is 5.91 Å². The van der Waals surface area contributed by atoms with Crippen LogP contribution in [0.15, 0.2) is 72.3 Å². The van der Waals surface area contributed by atoms with Gasteiger partial charge in [-0.1, -0.05) is 54.7 Å². The van der Waals surface area contributed by atoms with E-state index < -0.39 is 17.7 Å². The number of hydrogen-bond donors (Lipinski definition) is 1. The molecule has 0 radical (unpaired) electrons. The normalized spacial score (nSPS) is 16.9. The Bertz CT molecular complexity index is 1520. The number of carbonyl (C=O) groups is 2. The maximum atomic E-state index is 13.5. The van der Waals surface area contributed by atoms with Crippen molar-refractivity contribution in [2.24, 2.45) is 0 Å². The van der Waals surface area contributed by atoms with Gasteiger partial charge in [0.25, 0.3) is 5.78 Å². The molecule has 1 fully saturated rings. The van der Waals surface area contributed by atoms with E-state index in [0.29, 0.717) is 39.9 Å². The zero-order valence-corrected chi connectivity index (χ0v) is 21.5. The Labute approximate surface area is 218 Å². The van der Waals surface area contributed by atoms with Crippen molar-refractivity contribution < 1.29 is 24.2 Å². The molecule has 2 heterocycles. The highest BCUT2D eigenvalue weighted by molar-refractivity contribution is 7.22. The van der Waals surface area contributed by atoms with E-state index in [0.717, 1.165) is 16.7 Å². The van der Waals surface area contributed by atoms with Gasteiger partial charge in [0.05, 0.1) is 35.5 Å². The third kappa shape index (κ3) is 4.44. The predicted octanol–water partition coefficient (Wildman–Crippen LogP) is 5.89. The second-order valence-electron chi connectivity index (χ2n) is 8.56. The van der Waals surface area contributed by atoms with Crippen LogP contribution in [0, 0.1) is 0 Å². The van der Waals surface area contributed by atoms with Gasteiger partial charge < -0.3 is 14.6 Å². The van der Waals surface area contributed by atoms with Crippen LogP contribution in [0.5, 0.6) is 11.5 Å². The number of nitrogens with zero attached hydrogens (tertiary/aromatic N) is 2. The zero-order chi connectivity index (χ0) is 26.1. The molecule has 5 rings (SSSR count). The fraction of sp³-hybridized carbons (Fsp3) is 0.207. The van der Waals surface area contributed by atoms with Crippen molar-refractivity contribution in [2.45, 2.75) is 26.3 Å². The number of ether oxygens (including phenoxy) is 2. The number of anilines is 1. The third-order valence-electron chi connectivity index (χ3n) is 6.36. The molecule has 7 nitrogen and oxygen atoms in total. The van der Waals surface area contributed by atoms with Crippen molar-refractivity contribution in [3.05, 3.63) is 89.0 Å². The van der Waals surface area contributed by atoms with Crippen molar-refractivity contribution >= 4 is 44.1 Å². The van der Waals surface area contributed by atoms with Gasteiger partial charge in [-0.05, 0) is 54.8 Å². The number of thiazole rings is 1. The Kier molecular flexibility index (Phi) is 6.67. The van der Waals surface area contributed by atoms with Gasteiger partial charge in [-0.15, -0.1) is 0 Å². The molecule has 0 saturated carbocycles. The van der Waals surface area contributed by atoms with E-state index in [4.69, 9.17) is 9.47 Å². The summed E-state index contributed by atoms with van der Waals surface area (Å²) < 4.78 is 11.7. The van der Waals surface area contributed by atoms with Crippen LogP contribution in [-0.4, -0.2) is 35.5 Å². The number of aliphatic hydroxyl groups is 1. The molecule has 1 aromatic heterocycles. The molecule has 0 spiro atoms. The summed E-state index contributed by atoms with van der Waals surface area (Å²) in [6.45, 7) is 4.38. The molecule has 188 valence electrons. The lowest BCUT2D eigenvalue weighted by atomic mass is 9.94. The van der Waals surface area contributed by atoms with Crippen molar-refractivity contribution in [1.29, 1.82) is 0 Å². The number of hydrogen-bond acceptors (Lipinski definition) is 7. The van der Waals surface area contributed by atoms with Gasteiger partial charge in [0.15, 0.2) is 5.13 Å². The van der Waals surface area contributed by atoms with Gasteiger partial charge in [0.2, 0.25) is 0 Å². The van der Waals surface area contributed by atoms with Crippen molar-refractivity contribution in [2.75, 3.05) is 18.6 Å². The Morgan fingerprint density at radius 1 is 1.03 bits per heavy atom. The number of fused-ring (bicyclic) bond motifs is 1. The van der Waals surface area contributed by atoms with Crippen molar-refractivity contribution in [1.82, 2.24) is 4.98 Å². The summed E-state index contributed by atoms with van der Waals surface area (Å²) in [5.74, 6) is -0.524. The number of aliphatic hydroxyl groups excluding tert-OH is 1. The largest absolute Gasteiger partial charge is 0.507 e. The lowest BCUT2D eigenvalue weighted by molar-refractivity contribution is -0.132. The SMILES string of the molecule is CCOc1cccc(/C(O)=C2\C(=O)C(=O)N(c3nc4ccc(OC)cc4s3)C2c2ccc(CC)cc2)c1. The summed E-state index contributed by atoms with van der Waals surface area (Å²) in [5.41, 5.74) is 2.92. The first kappa shape index (κ1) is 24.5. The van der Waals surface area contributed by atoms with Crippen LogP contribution in [0.25, 0.3) is 16.0 Å². The smallest absolute Gasteiger partial charge is 0.301 e. The van der Waals surface area contributed by atoms with E-state index in [1.165, 1.54) is 16.2 Å². The summed E-state index contributed by atoms with van der Waals surface area (Å²) in [6, 6.07) is 19.2. The average molecular weight is 515 g/mol. The number of Topliss-reactive ketones (excluding diaryl/α,β-unsaturated/α-hetero) is 1. The van der Waals surface area contributed by atoms with Gasteiger partial charge in [-0.2, -0.15) is 0 Å². The van der Waals surface area contributed by atoms with Gasteiger partial charge in [0, 0.05) is 5.56 Å². The molecule has 4 aromatic rings. The molecule has 3 aromatic carbocycles. The Morgan fingerprint density at radius 2 is 1.81 bits per heavy atom. The molecular weight excluding hydrogens is 488 g/mol. The zero-order valence-electron chi connectivity index (χ0n) is 20.7. The average Bonchev–Trinajstić information content (AvgIpc) is 3.46. The van der Waals surface area contributed by atoms with Crippen LogP contribution in [-0.2, 0) is 16.0 Å². The summed E-state index contributed by atoms with van der Waals surface area (Å²) in [5, 5.41) is 11.8. The number of benzene rings is 3. The summed E-state index contributed by atoms with van der Waals surface area (Å²) in [7, 11) is 1.59. The van der Waals surface area contributed by atoms with E-state index in [1.54, 1.807) is 37.4 Å². The van der Waals surface area contributed by atoms with Gasteiger partial charge in [-0.3, -0.25) is 14.5 Å². The third-order valence-corrected chi connectivity index (χ3v) is 7.37. The first-order valence-electron chi connectivity index (χ1n) is 12.0. The molecule has 1 amide bonds. The van der Waals surface area contributed by atoms with Gasteiger partial charge in [-0.25, -0.2) is 4.98 Å². The second-order valence-corrected chi connectivity index (χ2v) is 9.56. The highest BCUT2D eigenvalue weighted by Gasteiger charge is 2.48. The molecule has 1 unspecified atom stereocenters. The van der Waals surface area contributed by atoms with Crippen LogP contribution in [0.1, 0.15) is 36.6 Å². The Balaban J connectivity index is 1.69. The topological polar surface area (TPSA) is 89.0 Å². The number of rotatable bonds is 7. The van der Waals surface area contributed by atoms with E-state index in [1.807, 2.05) is 43.3 Å². The van der Waals surface area contributed by atoms with E-state index in [9.17, 15) is 14.7 Å². The van der Waals surface area contributed by atoms with Gasteiger partial charge in [0.1, 0.15) is 17.3 Å². The quantitative estimate of drug-likeness (QED) is 0.188. The van der Waals surface area contributed by atoms with Crippen LogP contribution in [0.2, 0.25) is 0 Å². The lowest BCUT2D eigenvalue weighted by Gasteiger charge is -2.23. The molecule has 1 aliphatic rings. The van der Waals surface area contributed by atoms with E-state index in [-0.39, 0.29) is 11.3 Å². The summed E-state index contributed by atoms with van der Waals surface area (Å²) in [6.07, 6.45) is 0.852. The molecule has 0 aliphatic carbocycles. The molecule has 1 N–H and O–H groups in total. The molecule has 1 atom stereocenters. The molecular formula is C29H26N2O5S. The number of amides is 1. The molecule has 0 bridgehead atoms. The Hall–Kier alpha value is -4.17. The second kappa shape index (κ2) is 10.1. The maximum Gasteiger partial charge on any atom is 0.301 e. The number of carbonyl (C=O) groups excluding carboxylic acids is 2. The van der Waals surface area contributed by atoms with Crippen molar-refractivity contribution in [3.63, 3.8) is 0 Å². The highest BCUT2D eigenvalue weighted by atomic mass is 32.1. The van der Waals surface area contributed by atoms with E-state index >= 15 is 0 Å². The van der Waals surface area contributed by atoms with E-state index in [2.05, 4.69) is 11.9 Å². The first-order valence-corrected chi connectivity index (χ1v) is 12.8. The molecule has 37 heavy (non-hydrogen) atoms. The fourth-order valence-electron chi connectivity index (χ4n) is 4.46. The first-order chi connectivity index (χ1) is 17.9. The van der Waals surface area contributed by atoms with Crippen LogP contribution in [0.3, 0.4) is 0 Å². The lowest BCUT2D eigenvalue weighted by Crippen LogP contribution is -2.29. The van der Waals surface area contributed by atoms with Crippen molar-refractivity contribution in [3.8, 4) is 11.5 Å². The summed E-state index contributed by atoms with van der Waals surface area (Å²) >= 11 is 1.29. The minimum atomic E-state index is -0.843. The number of methoxy groups -OCH3 is 1.